The molecule has 2 rings (SSSR count). The van der Waals surface area contributed by atoms with Crippen LogP contribution in [0.1, 0.15) is 17.8 Å². The highest BCUT2D eigenvalue weighted by Gasteiger charge is 2.01. The molecule has 0 aliphatic heterocycles. The third-order valence-electron chi connectivity index (χ3n) is 2.35. The summed E-state index contributed by atoms with van der Waals surface area (Å²) in [5, 5.41) is 4.63. The molecule has 0 bridgehead atoms. The van der Waals surface area contributed by atoms with Gasteiger partial charge in [0, 0.05) is 6.54 Å². The Kier molecular flexibility index (Phi) is 4.99. The molecule has 0 unspecified atom stereocenters. The molecule has 0 aliphatic rings. The molecule has 0 spiro atoms. The molecule has 0 amide bonds. The van der Waals surface area contributed by atoms with Crippen molar-refractivity contribution in [3.05, 3.63) is 29.3 Å². The molecule has 1 N–H and O–H groups in total. The second-order valence-corrected chi connectivity index (χ2v) is 5.84. The second kappa shape index (κ2) is 6.51. The van der Waals surface area contributed by atoms with Crippen molar-refractivity contribution >= 4 is 44.1 Å². The average Bonchev–Trinajstić information content (AvgIpc) is 2.71. The van der Waals surface area contributed by atoms with Gasteiger partial charge < -0.3 is 5.32 Å². The van der Waals surface area contributed by atoms with Gasteiger partial charge in [-0.15, -0.1) is 11.3 Å². The maximum absolute atomic E-state index is 4.59. The van der Waals surface area contributed by atoms with Gasteiger partial charge in [0.25, 0.3) is 0 Å². The number of fused-ring (bicyclic) bond motifs is 1. The minimum Gasteiger partial charge on any atom is -0.310 e. The van der Waals surface area contributed by atoms with Crippen molar-refractivity contribution in [1.82, 2.24) is 10.3 Å². The normalized spacial score (nSPS) is 11.1. The Hall–Kier alpha value is -0.200. The molecule has 0 saturated heterocycles. The largest absolute Gasteiger partial charge is 0.310 e. The van der Waals surface area contributed by atoms with E-state index < -0.39 is 0 Å². The highest BCUT2D eigenvalue weighted by atomic mass is 127. The Balaban J connectivity index is 1.85. The van der Waals surface area contributed by atoms with E-state index in [-0.39, 0.29) is 0 Å². The van der Waals surface area contributed by atoms with E-state index in [9.17, 15) is 0 Å². The number of benzene rings is 1. The average molecular weight is 346 g/mol. The fraction of sp³-hybridized carbons (Fsp3) is 0.417. The molecule has 16 heavy (non-hydrogen) atoms. The number of nitrogens with zero attached hydrogens (tertiary/aromatic N) is 1. The fourth-order valence-corrected chi connectivity index (χ4v) is 3.01. The Morgan fingerprint density at radius 1 is 1.25 bits per heavy atom. The molecular weight excluding hydrogens is 331 g/mol. The predicted molar refractivity (Wildman–Crippen MR) is 79.4 cm³/mol. The summed E-state index contributed by atoms with van der Waals surface area (Å²) >= 11 is 4.21. The summed E-state index contributed by atoms with van der Waals surface area (Å²) < 4.78 is 2.53. The number of nitrogens with one attached hydrogen (secondary N) is 1. The molecule has 4 heteroatoms. The number of alkyl halides is 1. The quantitative estimate of drug-likeness (QED) is 0.491. The van der Waals surface area contributed by atoms with Gasteiger partial charge >= 0.3 is 0 Å². The van der Waals surface area contributed by atoms with Crippen molar-refractivity contribution in [2.45, 2.75) is 19.4 Å². The van der Waals surface area contributed by atoms with Gasteiger partial charge in [-0.25, -0.2) is 4.98 Å². The third kappa shape index (κ3) is 3.40. The summed E-state index contributed by atoms with van der Waals surface area (Å²) in [6.45, 7) is 2.00. The number of para-hydroxylation sites is 1. The SMILES string of the molecule is ICCCCNCc1nc2ccccc2s1. The van der Waals surface area contributed by atoms with Crippen LogP contribution >= 0.6 is 33.9 Å². The summed E-state index contributed by atoms with van der Waals surface area (Å²) in [5.74, 6) is 0. The van der Waals surface area contributed by atoms with Gasteiger partial charge in [0.2, 0.25) is 0 Å². The molecule has 2 nitrogen and oxygen atoms in total. The number of hydrogen-bond donors (Lipinski definition) is 1. The van der Waals surface area contributed by atoms with Gasteiger partial charge in [0.05, 0.1) is 10.2 Å². The molecule has 0 saturated carbocycles. The minimum atomic E-state index is 0.903. The molecule has 0 radical (unpaired) electrons. The zero-order valence-electron chi connectivity index (χ0n) is 9.08. The van der Waals surface area contributed by atoms with Crippen LogP contribution in [0, 0.1) is 0 Å². The molecule has 1 aromatic heterocycles. The topological polar surface area (TPSA) is 24.9 Å². The number of aromatic nitrogens is 1. The Labute approximate surface area is 114 Å². The lowest BCUT2D eigenvalue weighted by Gasteiger charge is -2.00. The summed E-state index contributed by atoms with van der Waals surface area (Å²) in [6, 6.07) is 8.32. The molecule has 0 aliphatic carbocycles. The molecule has 2 aromatic rings. The van der Waals surface area contributed by atoms with Gasteiger partial charge in [-0.2, -0.15) is 0 Å². The van der Waals surface area contributed by atoms with Gasteiger partial charge in [-0.05, 0) is 35.9 Å². The van der Waals surface area contributed by atoms with Gasteiger partial charge in [0.1, 0.15) is 5.01 Å². The van der Waals surface area contributed by atoms with E-state index in [0.29, 0.717) is 0 Å². The van der Waals surface area contributed by atoms with Crippen LogP contribution in [0.15, 0.2) is 24.3 Å². The number of thiazole rings is 1. The van der Waals surface area contributed by atoms with Crippen LogP contribution in [0.4, 0.5) is 0 Å². The Morgan fingerprint density at radius 3 is 2.94 bits per heavy atom. The summed E-state index contributed by atoms with van der Waals surface area (Å²) in [5.41, 5.74) is 1.12. The lowest BCUT2D eigenvalue weighted by molar-refractivity contribution is 0.644. The molecule has 1 aromatic carbocycles. The van der Waals surface area contributed by atoms with Crippen LogP contribution in [-0.2, 0) is 6.54 Å². The van der Waals surface area contributed by atoms with Gasteiger partial charge in [-0.3, -0.25) is 0 Å². The standard InChI is InChI=1S/C12H15IN2S/c13-7-3-4-8-14-9-12-15-10-5-1-2-6-11(10)16-12/h1-2,5-6,14H,3-4,7-9H2. The van der Waals surface area contributed by atoms with Crippen LogP contribution in [-0.4, -0.2) is 16.0 Å². The first kappa shape index (κ1) is 12.3. The molecule has 0 atom stereocenters. The monoisotopic (exact) mass is 346 g/mol. The van der Waals surface area contributed by atoms with Crippen LogP contribution in [0.5, 0.6) is 0 Å². The number of rotatable bonds is 6. The van der Waals surface area contributed by atoms with Crippen molar-refractivity contribution in [2.24, 2.45) is 0 Å². The van der Waals surface area contributed by atoms with Gasteiger partial charge in [0.15, 0.2) is 0 Å². The zero-order valence-corrected chi connectivity index (χ0v) is 12.1. The van der Waals surface area contributed by atoms with Crippen molar-refractivity contribution < 1.29 is 0 Å². The molecule has 1 heterocycles. The van der Waals surface area contributed by atoms with Crippen LogP contribution in [0.25, 0.3) is 10.2 Å². The summed E-state index contributed by atoms with van der Waals surface area (Å²) in [6.07, 6.45) is 2.56. The van der Waals surface area contributed by atoms with E-state index in [2.05, 4.69) is 51.1 Å². The van der Waals surface area contributed by atoms with Crippen molar-refractivity contribution in [3.63, 3.8) is 0 Å². The van der Waals surface area contributed by atoms with Crippen molar-refractivity contribution in [1.29, 1.82) is 0 Å². The smallest absolute Gasteiger partial charge is 0.108 e. The maximum Gasteiger partial charge on any atom is 0.108 e. The maximum atomic E-state index is 4.59. The predicted octanol–water partition coefficient (Wildman–Crippen LogP) is 3.60. The van der Waals surface area contributed by atoms with Crippen molar-refractivity contribution in [3.8, 4) is 0 Å². The van der Waals surface area contributed by atoms with E-state index >= 15 is 0 Å². The Bertz CT molecular complexity index is 408. The van der Waals surface area contributed by atoms with E-state index in [0.717, 1.165) is 18.6 Å². The summed E-state index contributed by atoms with van der Waals surface area (Å²) in [4.78, 5) is 4.59. The van der Waals surface area contributed by atoms with E-state index in [1.165, 1.54) is 27.0 Å². The first-order chi connectivity index (χ1) is 7.90. The minimum absolute atomic E-state index is 0.903. The Morgan fingerprint density at radius 2 is 2.12 bits per heavy atom. The highest BCUT2D eigenvalue weighted by molar-refractivity contribution is 14.1. The second-order valence-electron chi connectivity index (χ2n) is 3.65. The van der Waals surface area contributed by atoms with E-state index in [1.54, 1.807) is 11.3 Å². The lowest BCUT2D eigenvalue weighted by Crippen LogP contribution is -2.14. The molecule has 86 valence electrons. The van der Waals surface area contributed by atoms with Crippen molar-refractivity contribution in [2.75, 3.05) is 11.0 Å². The number of halogens is 1. The molecule has 0 fully saturated rings. The van der Waals surface area contributed by atoms with E-state index in [1.807, 2.05) is 6.07 Å². The highest BCUT2D eigenvalue weighted by Crippen LogP contribution is 2.21. The van der Waals surface area contributed by atoms with Crippen LogP contribution < -0.4 is 5.32 Å². The molecular formula is C12H15IN2S. The third-order valence-corrected chi connectivity index (χ3v) is 4.15. The fourth-order valence-electron chi connectivity index (χ4n) is 1.54. The van der Waals surface area contributed by atoms with Gasteiger partial charge in [-0.1, -0.05) is 34.7 Å². The van der Waals surface area contributed by atoms with E-state index in [4.69, 9.17) is 0 Å². The van der Waals surface area contributed by atoms with Crippen LogP contribution in [0.3, 0.4) is 0 Å². The number of hydrogen-bond acceptors (Lipinski definition) is 3. The van der Waals surface area contributed by atoms with Crippen LogP contribution in [0.2, 0.25) is 0 Å². The summed E-state index contributed by atoms with van der Waals surface area (Å²) in [7, 11) is 0. The number of unbranched alkanes of at least 4 members (excludes halogenated alkanes) is 1. The lowest BCUT2D eigenvalue weighted by atomic mass is 10.3. The zero-order chi connectivity index (χ0) is 11.2. The first-order valence-corrected chi connectivity index (χ1v) is 7.85. The first-order valence-electron chi connectivity index (χ1n) is 5.51.